The van der Waals surface area contributed by atoms with Gasteiger partial charge in [0.05, 0.1) is 7.11 Å². The van der Waals surface area contributed by atoms with Crippen LogP contribution in [0.3, 0.4) is 0 Å². The molecule has 1 saturated heterocycles. The van der Waals surface area contributed by atoms with Crippen LogP contribution in [0.15, 0.2) is 0 Å². The molecule has 0 bridgehead atoms. The van der Waals surface area contributed by atoms with Crippen molar-refractivity contribution in [3.63, 3.8) is 0 Å². The van der Waals surface area contributed by atoms with E-state index in [1.807, 2.05) is 6.92 Å². The highest BCUT2D eigenvalue weighted by Gasteiger charge is 2.45. The van der Waals surface area contributed by atoms with Gasteiger partial charge in [0.2, 0.25) is 0 Å². The molecule has 88 valence electrons. The first-order valence-electron chi connectivity index (χ1n) is 5.63. The molecule has 15 heavy (non-hydrogen) atoms. The van der Waals surface area contributed by atoms with E-state index in [0.717, 1.165) is 26.1 Å². The van der Waals surface area contributed by atoms with Gasteiger partial charge in [0.25, 0.3) is 0 Å². The number of rotatable bonds is 4. The maximum Gasteiger partial charge on any atom is 0.327 e. The first-order chi connectivity index (χ1) is 7.05. The minimum Gasteiger partial charge on any atom is -0.468 e. The van der Waals surface area contributed by atoms with E-state index < -0.39 is 5.54 Å². The molecule has 1 atom stereocenters. The monoisotopic (exact) mass is 214 g/mol. The van der Waals surface area contributed by atoms with Crippen LogP contribution < -0.4 is 5.32 Å². The number of ether oxygens (including phenoxy) is 1. The van der Waals surface area contributed by atoms with Gasteiger partial charge in [-0.15, -0.1) is 0 Å². The summed E-state index contributed by atoms with van der Waals surface area (Å²) in [6.07, 6.45) is 0.839. The average molecular weight is 214 g/mol. The number of methoxy groups -OCH3 is 1. The smallest absolute Gasteiger partial charge is 0.327 e. The first-order valence-corrected chi connectivity index (χ1v) is 5.63. The average Bonchev–Trinajstić information content (AvgIpc) is 2.63. The summed E-state index contributed by atoms with van der Waals surface area (Å²) < 4.78 is 4.89. The van der Waals surface area contributed by atoms with Gasteiger partial charge in [-0.1, -0.05) is 6.92 Å². The number of likely N-dealkylation sites (N-methyl/N-ethyl adjacent to an activating group) is 1. The van der Waals surface area contributed by atoms with Crippen LogP contribution in [-0.2, 0) is 9.53 Å². The van der Waals surface area contributed by atoms with Crippen molar-refractivity contribution in [2.75, 3.05) is 26.7 Å². The largest absolute Gasteiger partial charge is 0.468 e. The second-order valence-corrected chi connectivity index (χ2v) is 4.42. The van der Waals surface area contributed by atoms with E-state index in [9.17, 15) is 4.79 Å². The third-order valence-corrected chi connectivity index (χ3v) is 3.12. The summed E-state index contributed by atoms with van der Waals surface area (Å²) in [6.45, 7) is 8.83. The zero-order valence-corrected chi connectivity index (χ0v) is 10.2. The summed E-state index contributed by atoms with van der Waals surface area (Å²) in [6, 6.07) is 0.482. The van der Waals surface area contributed by atoms with Gasteiger partial charge in [0.1, 0.15) is 5.54 Å². The number of carbonyl (C=O) groups is 1. The Morgan fingerprint density at radius 3 is 2.67 bits per heavy atom. The lowest BCUT2D eigenvalue weighted by atomic mass is 9.99. The van der Waals surface area contributed by atoms with Crippen molar-refractivity contribution in [1.82, 2.24) is 10.2 Å². The summed E-state index contributed by atoms with van der Waals surface area (Å²) in [5.74, 6) is -0.132. The van der Waals surface area contributed by atoms with Gasteiger partial charge in [-0.25, -0.2) is 0 Å². The van der Waals surface area contributed by atoms with Crippen molar-refractivity contribution in [2.24, 2.45) is 0 Å². The molecule has 1 aliphatic rings. The molecule has 0 aromatic heterocycles. The normalized spacial score (nSPS) is 27.3. The van der Waals surface area contributed by atoms with E-state index in [2.05, 4.69) is 24.1 Å². The highest BCUT2D eigenvalue weighted by atomic mass is 16.5. The van der Waals surface area contributed by atoms with E-state index in [1.165, 1.54) is 7.11 Å². The summed E-state index contributed by atoms with van der Waals surface area (Å²) in [7, 11) is 1.46. The number of nitrogens with zero attached hydrogens (tertiary/aromatic N) is 1. The summed E-state index contributed by atoms with van der Waals surface area (Å²) in [4.78, 5) is 14.1. The molecular formula is C11H22N2O2. The summed E-state index contributed by atoms with van der Waals surface area (Å²) >= 11 is 0. The van der Waals surface area contributed by atoms with Gasteiger partial charge in [-0.3, -0.25) is 9.69 Å². The van der Waals surface area contributed by atoms with E-state index in [4.69, 9.17) is 4.74 Å². The Balaban J connectivity index is 2.73. The minimum atomic E-state index is -0.478. The maximum absolute atomic E-state index is 11.8. The van der Waals surface area contributed by atoms with Crippen LogP contribution in [0.5, 0.6) is 0 Å². The number of likely N-dealkylation sites (tertiary alicyclic amines) is 1. The third kappa shape index (κ3) is 2.49. The molecule has 0 amide bonds. The maximum atomic E-state index is 11.8. The van der Waals surface area contributed by atoms with Crippen molar-refractivity contribution in [2.45, 2.75) is 38.8 Å². The zero-order chi connectivity index (χ0) is 11.5. The predicted octanol–water partition coefficient (Wildman–Crippen LogP) is 0.622. The first kappa shape index (κ1) is 12.5. The molecule has 0 aromatic rings. The lowest BCUT2D eigenvalue weighted by Crippen LogP contribution is -2.55. The van der Waals surface area contributed by atoms with E-state index >= 15 is 0 Å². The second-order valence-electron chi connectivity index (χ2n) is 4.42. The molecule has 1 N–H and O–H groups in total. The quantitative estimate of drug-likeness (QED) is 0.697. The van der Waals surface area contributed by atoms with Crippen LogP contribution in [0, 0.1) is 0 Å². The van der Waals surface area contributed by atoms with E-state index in [0.29, 0.717) is 6.04 Å². The van der Waals surface area contributed by atoms with Gasteiger partial charge in [-0.2, -0.15) is 0 Å². The molecule has 1 fully saturated rings. The molecule has 0 saturated carbocycles. The third-order valence-electron chi connectivity index (χ3n) is 3.12. The Labute approximate surface area is 92.0 Å². The second kappa shape index (κ2) is 4.94. The Hall–Kier alpha value is -0.610. The van der Waals surface area contributed by atoms with E-state index in [1.54, 1.807) is 0 Å². The van der Waals surface area contributed by atoms with Gasteiger partial charge in [-0.05, 0) is 26.8 Å². The standard InChI is InChI=1S/C11H22N2O2/c1-5-12-11(10(14)15-4)6-7-13(8-11)9(2)3/h9,12H,5-8H2,1-4H3. The van der Waals surface area contributed by atoms with Gasteiger partial charge >= 0.3 is 5.97 Å². The zero-order valence-electron chi connectivity index (χ0n) is 10.2. The minimum absolute atomic E-state index is 0.132. The van der Waals surface area contributed by atoms with Gasteiger partial charge in [0, 0.05) is 19.1 Å². The Kier molecular flexibility index (Phi) is 4.11. The molecule has 4 heteroatoms. The Morgan fingerprint density at radius 1 is 1.60 bits per heavy atom. The molecule has 1 unspecified atom stereocenters. The lowest BCUT2D eigenvalue weighted by molar-refractivity contribution is -0.148. The SMILES string of the molecule is CCNC1(C(=O)OC)CCN(C(C)C)C1. The van der Waals surface area contributed by atoms with Gasteiger partial charge < -0.3 is 10.1 Å². The van der Waals surface area contributed by atoms with Crippen LogP contribution in [0.2, 0.25) is 0 Å². The molecule has 0 aliphatic carbocycles. The highest BCUT2D eigenvalue weighted by molar-refractivity contribution is 5.81. The van der Waals surface area contributed by atoms with Crippen molar-refractivity contribution >= 4 is 5.97 Å². The van der Waals surface area contributed by atoms with Crippen LogP contribution >= 0.6 is 0 Å². The fourth-order valence-corrected chi connectivity index (χ4v) is 2.20. The van der Waals surface area contributed by atoms with Gasteiger partial charge in [0.15, 0.2) is 0 Å². The number of hydrogen-bond acceptors (Lipinski definition) is 4. The van der Waals surface area contributed by atoms with Crippen LogP contribution in [0.25, 0.3) is 0 Å². The molecule has 0 aromatic carbocycles. The fraction of sp³-hybridized carbons (Fsp3) is 0.909. The highest BCUT2D eigenvalue weighted by Crippen LogP contribution is 2.24. The van der Waals surface area contributed by atoms with Crippen molar-refractivity contribution in [3.05, 3.63) is 0 Å². The van der Waals surface area contributed by atoms with Crippen molar-refractivity contribution in [3.8, 4) is 0 Å². The van der Waals surface area contributed by atoms with E-state index in [-0.39, 0.29) is 5.97 Å². The van der Waals surface area contributed by atoms with Crippen molar-refractivity contribution in [1.29, 1.82) is 0 Å². The molecule has 1 rings (SSSR count). The molecule has 1 heterocycles. The summed E-state index contributed by atoms with van der Waals surface area (Å²) in [5.41, 5.74) is -0.478. The number of esters is 1. The predicted molar refractivity (Wildman–Crippen MR) is 59.7 cm³/mol. The number of nitrogens with one attached hydrogen (secondary N) is 1. The fourth-order valence-electron chi connectivity index (χ4n) is 2.20. The molecule has 0 radical (unpaired) electrons. The topological polar surface area (TPSA) is 41.6 Å². The Bertz CT molecular complexity index is 231. The molecule has 1 aliphatic heterocycles. The van der Waals surface area contributed by atoms with Crippen LogP contribution in [0.4, 0.5) is 0 Å². The number of carbonyl (C=O) groups excluding carboxylic acids is 1. The summed E-state index contributed by atoms with van der Waals surface area (Å²) in [5, 5.41) is 3.28. The molecule has 4 nitrogen and oxygen atoms in total. The molecular weight excluding hydrogens is 192 g/mol. The Morgan fingerprint density at radius 2 is 2.27 bits per heavy atom. The molecule has 0 spiro atoms. The van der Waals surface area contributed by atoms with Crippen LogP contribution in [-0.4, -0.2) is 49.2 Å². The van der Waals surface area contributed by atoms with Crippen molar-refractivity contribution < 1.29 is 9.53 Å². The number of hydrogen-bond donors (Lipinski definition) is 1. The van der Waals surface area contributed by atoms with Crippen LogP contribution in [0.1, 0.15) is 27.2 Å². The lowest BCUT2D eigenvalue weighted by Gasteiger charge is -2.28.